The van der Waals surface area contributed by atoms with Crippen molar-refractivity contribution in [2.75, 3.05) is 26.0 Å². The van der Waals surface area contributed by atoms with E-state index >= 15 is 0 Å². The second-order valence-corrected chi connectivity index (χ2v) is 5.84. The molecule has 6 nitrogen and oxygen atoms in total. The minimum absolute atomic E-state index is 0.241. The number of rotatable bonds is 4. The number of hydrogen-bond donors (Lipinski definition) is 1. The molecule has 1 rings (SSSR count). The van der Waals surface area contributed by atoms with Gasteiger partial charge < -0.3 is 0 Å². The Balaban J connectivity index is 2.54. The highest BCUT2D eigenvalue weighted by atomic mass is 32.2. The Morgan fingerprint density at radius 1 is 1.56 bits per heavy atom. The van der Waals surface area contributed by atoms with Crippen LogP contribution in [0.2, 0.25) is 0 Å². The normalized spacial score (nSPS) is 23.0. The maximum absolute atomic E-state index is 11.6. The van der Waals surface area contributed by atoms with Crippen molar-refractivity contribution in [3.05, 3.63) is 0 Å². The fourth-order valence-corrected chi connectivity index (χ4v) is 2.60. The number of nitrogens with zero attached hydrogens (tertiary/aromatic N) is 1. The number of sulfonamides is 1. The Morgan fingerprint density at radius 3 is 2.81 bits per heavy atom. The van der Waals surface area contributed by atoms with Gasteiger partial charge in [-0.25, -0.2) is 18.2 Å². The number of hydroxylamine groups is 1. The van der Waals surface area contributed by atoms with E-state index in [4.69, 9.17) is 4.84 Å². The molecule has 0 aromatic rings. The van der Waals surface area contributed by atoms with Crippen molar-refractivity contribution >= 4 is 15.9 Å². The molecule has 1 atom stereocenters. The minimum Gasteiger partial charge on any atom is -0.274 e. The van der Waals surface area contributed by atoms with Crippen LogP contribution in [0.1, 0.15) is 19.8 Å². The zero-order chi connectivity index (χ0) is 12.2. The molecule has 1 saturated heterocycles. The van der Waals surface area contributed by atoms with E-state index in [1.54, 1.807) is 6.92 Å². The van der Waals surface area contributed by atoms with Crippen molar-refractivity contribution in [2.24, 2.45) is 5.92 Å². The van der Waals surface area contributed by atoms with Gasteiger partial charge in [-0.15, -0.1) is 0 Å². The van der Waals surface area contributed by atoms with Crippen LogP contribution in [-0.2, 0) is 19.7 Å². The third kappa shape index (κ3) is 3.73. The zero-order valence-electron chi connectivity index (χ0n) is 9.60. The van der Waals surface area contributed by atoms with Gasteiger partial charge in [-0.05, 0) is 19.8 Å². The molecule has 0 aromatic heterocycles. The molecule has 1 heterocycles. The number of carbonyl (C=O) groups excluding carboxylic acids is 1. The molecule has 1 unspecified atom stereocenters. The SMILES string of the molecule is CCONC(=O)C1CCCN(S(C)(=O)=O)C1. The molecule has 1 fully saturated rings. The average Bonchev–Trinajstić information content (AvgIpc) is 2.25. The molecule has 0 aromatic carbocycles. The summed E-state index contributed by atoms with van der Waals surface area (Å²) in [7, 11) is -3.20. The smallest absolute Gasteiger partial charge is 0.247 e. The lowest BCUT2D eigenvalue weighted by Gasteiger charge is -2.29. The van der Waals surface area contributed by atoms with Gasteiger partial charge in [0.1, 0.15) is 0 Å². The minimum atomic E-state index is -3.20. The summed E-state index contributed by atoms with van der Waals surface area (Å²) in [6, 6.07) is 0. The van der Waals surface area contributed by atoms with Crippen LogP contribution in [0.5, 0.6) is 0 Å². The summed E-state index contributed by atoms with van der Waals surface area (Å²) in [5.74, 6) is -0.551. The van der Waals surface area contributed by atoms with E-state index in [1.165, 1.54) is 4.31 Å². The quantitative estimate of drug-likeness (QED) is 0.697. The van der Waals surface area contributed by atoms with Crippen LogP contribution in [0.4, 0.5) is 0 Å². The fraction of sp³-hybridized carbons (Fsp3) is 0.889. The van der Waals surface area contributed by atoms with Gasteiger partial charge in [-0.1, -0.05) is 0 Å². The molecule has 0 spiro atoms. The number of carbonyl (C=O) groups is 1. The van der Waals surface area contributed by atoms with Crippen molar-refractivity contribution in [3.8, 4) is 0 Å². The van der Waals surface area contributed by atoms with Gasteiger partial charge in [0.05, 0.1) is 18.8 Å². The average molecular weight is 250 g/mol. The predicted octanol–water partition coefficient (Wildman–Crippen LogP) is -0.274. The van der Waals surface area contributed by atoms with Crippen molar-refractivity contribution in [1.29, 1.82) is 0 Å². The van der Waals surface area contributed by atoms with Gasteiger partial charge in [0, 0.05) is 13.1 Å². The highest BCUT2D eigenvalue weighted by Crippen LogP contribution is 2.18. The van der Waals surface area contributed by atoms with Crippen molar-refractivity contribution in [1.82, 2.24) is 9.79 Å². The molecule has 0 aliphatic carbocycles. The molecular formula is C9H18N2O4S. The van der Waals surface area contributed by atoms with Crippen LogP contribution in [-0.4, -0.2) is 44.6 Å². The Morgan fingerprint density at radius 2 is 2.25 bits per heavy atom. The van der Waals surface area contributed by atoms with Crippen LogP contribution < -0.4 is 5.48 Å². The second kappa shape index (κ2) is 5.60. The summed E-state index contributed by atoms with van der Waals surface area (Å²) in [5, 5.41) is 0. The van der Waals surface area contributed by atoms with Crippen LogP contribution in [0.15, 0.2) is 0 Å². The molecule has 0 bridgehead atoms. The van der Waals surface area contributed by atoms with Crippen molar-refractivity contribution < 1.29 is 18.0 Å². The van der Waals surface area contributed by atoms with Gasteiger partial charge >= 0.3 is 0 Å². The fourth-order valence-electron chi connectivity index (χ4n) is 1.68. The third-order valence-corrected chi connectivity index (χ3v) is 3.81. The highest BCUT2D eigenvalue weighted by molar-refractivity contribution is 7.88. The maximum Gasteiger partial charge on any atom is 0.247 e. The van der Waals surface area contributed by atoms with Crippen LogP contribution in [0.3, 0.4) is 0 Å². The lowest BCUT2D eigenvalue weighted by Crippen LogP contribution is -2.45. The number of piperidine rings is 1. The molecule has 16 heavy (non-hydrogen) atoms. The molecule has 1 aliphatic rings. The Labute approximate surface area is 96.0 Å². The summed E-state index contributed by atoms with van der Waals surface area (Å²) in [6.45, 7) is 2.91. The first-order valence-corrected chi connectivity index (χ1v) is 7.16. The maximum atomic E-state index is 11.6. The van der Waals surface area contributed by atoms with Gasteiger partial charge in [0.2, 0.25) is 15.9 Å². The largest absolute Gasteiger partial charge is 0.274 e. The van der Waals surface area contributed by atoms with Crippen molar-refractivity contribution in [3.63, 3.8) is 0 Å². The Kier molecular flexibility index (Phi) is 4.69. The van der Waals surface area contributed by atoms with E-state index in [0.717, 1.165) is 6.26 Å². The molecule has 7 heteroatoms. The van der Waals surface area contributed by atoms with Crippen LogP contribution in [0.25, 0.3) is 0 Å². The first-order chi connectivity index (χ1) is 7.45. The Hall–Kier alpha value is -0.660. The molecule has 0 saturated carbocycles. The van der Waals surface area contributed by atoms with E-state index < -0.39 is 10.0 Å². The first-order valence-electron chi connectivity index (χ1n) is 5.32. The van der Waals surface area contributed by atoms with Gasteiger partial charge in [0.15, 0.2) is 0 Å². The molecule has 0 radical (unpaired) electrons. The molecule has 1 N–H and O–H groups in total. The van der Waals surface area contributed by atoms with E-state index in [2.05, 4.69) is 5.48 Å². The van der Waals surface area contributed by atoms with Gasteiger partial charge in [-0.2, -0.15) is 0 Å². The van der Waals surface area contributed by atoms with Gasteiger partial charge in [0.25, 0.3) is 0 Å². The van der Waals surface area contributed by atoms with E-state index in [0.29, 0.717) is 26.0 Å². The highest BCUT2D eigenvalue weighted by Gasteiger charge is 2.30. The first kappa shape index (κ1) is 13.4. The number of nitrogens with one attached hydrogen (secondary N) is 1. The molecule has 94 valence electrons. The lowest BCUT2D eigenvalue weighted by molar-refractivity contribution is -0.138. The van der Waals surface area contributed by atoms with E-state index in [-0.39, 0.29) is 18.4 Å². The molecule has 1 aliphatic heterocycles. The summed E-state index contributed by atoms with van der Waals surface area (Å²) in [6.07, 6.45) is 2.57. The zero-order valence-corrected chi connectivity index (χ0v) is 10.4. The summed E-state index contributed by atoms with van der Waals surface area (Å²) < 4.78 is 24.0. The lowest BCUT2D eigenvalue weighted by atomic mass is 9.99. The summed E-state index contributed by atoms with van der Waals surface area (Å²) in [5.41, 5.74) is 2.31. The van der Waals surface area contributed by atoms with Crippen LogP contribution >= 0.6 is 0 Å². The Bertz CT molecular complexity index is 341. The topological polar surface area (TPSA) is 75.7 Å². The molecular weight excluding hydrogens is 232 g/mol. The van der Waals surface area contributed by atoms with Gasteiger partial charge in [-0.3, -0.25) is 9.63 Å². The summed E-state index contributed by atoms with van der Waals surface area (Å²) >= 11 is 0. The third-order valence-electron chi connectivity index (χ3n) is 2.54. The second-order valence-electron chi connectivity index (χ2n) is 3.86. The predicted molar refractivity (Wildman–Crippen MR) is 58.9 cm³/mol. The van der Waals surface area contributed by atoms with Crippen LogP contribution in [0, 0.1) is 5.92 Å². The molecule has 1 amide bonds. The standard InChI is InChI=1S/C9H18N2O4S/c1-3-15-10-9(12)8-5-4-6-11(7-8)16(2,13)14/h8H,3-7H2,1-2H3,(H,10,12). The number of hydrogen-bond acceptors (Lipinski definition) is 4. The summed E-state index contributed by atoms with van der Waals surface area (Å²) in [4.78, 5) is 16.4. The van der Waals surface area contributed by atoms with Crippen molar-refractivity contribution in [2.45, 2.75) is 19.8 Å². The monoisotopic (exact) mass is 250 g/mol. The van der Waals surface area contributed by atoms with E-state index in [9.17, 15) is 13.2 Å². The van der Waals surface area contributed by atoms with E-state index in [1.807, 2.05) is 0 Å². The number of amides is 1.